The first-order chi connectivity index (χ1) is 10.8. The Bertz CT molecular complexity index is 579. The molecule has 2 rings (SSSR count). The predicted octanol–water partition coefficient (Wildman–Crippen LogP) is 2.90. The normalized spacial score (nSPS) is 17.7. The van der Waals surface area contributed by atoms with Crippen LogP contribution >= 0.6 is 0 Å². The van der Waals surface area contributed by atoms with Crippen molar-refractivity contribution < 1.29 is 23.8 Å². The van der Waals surface area contributed by atoms with E-state index in [1.807, 2.05) is 20.8 Å². The Morgan fingerprint density at radius 2 is 2.04 bits per heavy atom. The fraction of sp³-hybridized carbons (Fsp3) is 0.529. The van der Waals surface area contributed by atoms with Crippen molar-refractivity contribution in [2.45, 2.75) is 38.9 Å². The number of amides is 1. The van der Waals surface area contributed by atoms with Crippen molar-refractivity contribution in [1.82, 2.24) is 4.90 Å². The summed E-state index contributed by atoms with van der Waals surface area (Å²) in [5, 5.41) is 0. The van der Waals surface area contributed by atoms with Gasteiger partial charge in [-0.3, -0.25) is 4.79 Å². The van der Waals surface area contributed by atoms with Crippen molar-refractivity contribution in [3.8, 4) is 11.5 Å². The van der Waals surface area contributed by atoms with E-state index in [2.05, 4.69) is 0 Å². The highest BCUT2D eigenvalue weighted by Crippen LogP contribution is 2.30. The Labute approximate surface area is 136 Å². The van der Waals surface area contributed by atoms with Gasteiger partial charge in [-0.15, -0.1) is 0 Å². The summed E-state index contributed by atoms with van der Waals surface area (Å²) >= 11 is 0. The molecule has 1 fully saturated rings. The molecule has 1 amide bonds. The molecule has 1 heterocycles. The summed E-state index contributed by atoms with van der Waals surface area (Å²) in [5.74, 6) is 1.07. The Morgan fingerprint density at radius 1 is 1.30 bits per heavy atom. The van der Waals surface area contributed by atoms with Gasteiger partial charge in [-0.25, -0.2) is 4.79 Å². The van der Waals surface area contributed by atoms with E-state index < -0.39 is 5.60 Å². The van der Waals surface area contributed by atoms with Gasteiger partial charge in [0.1, 0.15) is 18.0 Å². The second-order valence-electron chi connectivity index (χ2n) is 6.48. The Balaban J connectivity index is 1.98. The van der Waals surface area contributed by atoms with Crippen LogP contribution in [0.2, 0.25) is 0 Å². The molecule has 1 aromatic carbocycles. The van der Waals surface area contributed by atoms with E-state index in [1.54, 1.807) is 23.1 Å². The average molecular weight is 321 g/mol. The van der Waals surface area contributed by atoms with Crippen LogP contribution in [0.4, 0.5) is 4.79 Å². The topological polar surface area (TPSA) is 65.1 Å². The maximum atomic E-state index is 12.1. The molecule has 1 aromatic rings. The number of likely N-dealkylation sites (tertiary alicyclic amines) is 1. The zero-order chi connectivity index (χ0) is 17.0. The minimum absolute atomic E-state index is 0.126. The fourth-order valence-corrected chi connectivity index (χ4v) is 2.35. The van der Waals surface area contributed by atoms with E-state index in [4.69, 9.17) is 14.2 Å². The van der Waals surface area contributed by atoms with Crippen LogP contribution in [-0.4, -0.2) is 49.2 Å². The number of carbonyl (C=O) groups is 2. The maximum absolute atomic E-state index is 12.1. The second-order valence-corrected chi connectivity index (χ2v) is 6.48. The molecule has 0 N–H and O–H groups in total. The number of ether oxygens (including phenoxy) is 3. The van der Waals surface area contributed by atoms with Gasteiger partial charge in [0.25, 0.3) is 0 Å². The highest BCUT2D eigenvalue weighted by atomic mass is 16.6. The molecule has 6 heteroatoms. The first-order valence-corrected chi connectivity index (χ1v) is 7.60. The molecule has 0 unspecified atom stereocenters. The lowest BCUT2D eigenvalue weighted by Gasteiger charge is -2.24. The van der Waals surface area contributed by atoms with Crippen molar-refractivity contribution in [2.75, 3.05) is 20.2 Å². The summed E-state index contributed by atoms with van der Waals surface area (Å²) in [6.07, 6.45) is 1.02. The third-order valence-electron chi connectivity index (χ3n) is 3.41. The van der Waals surface area contributed by atoms with Gasteiger partial charge < -0.3 is 19.1 Å². The molecule has 23 heavy (non-hydrogen) atoms. The van der Waals surface area contributed by atoms with Gasteiger partial charge in [-0.05, 0) is 39.0 Å². The molecular formula is C17H23NO5. The summed E-state index contributed by atoms with van der Waals surface area (Å²) in [7, 11) is 1.53. The van der Waals surface area contributed by atoms with Crippen LogP contribution in [0.25, 0.3) is 0 Å². The van der Waals surface area contributed by atoms with Crippen LogP contribution < -0.4 is 9.47 Å². The average Bonchev–Trinajstić information content (AvgIpc) is 2.94. The predicted molar refractivity (Wildman–Crippen MR) is 85.2 cm³/mol. The van der Waals surface area contributed by atoms with Crippen molar-refractivity contribution in [2.24, 2.45) is 0 Å². The lowest BCUT2D eigenvalue weighted by atomic mass is 10.2. The number of nitrogens with zero attached hydrogens (tertiary/aromatic N) is 1. The van der Waals surface area contributed by atoms with Crippen molar-refractivity contribution in [1.29, 1.82) is 0 Å². The maximum Gasteiger partial charge on any atom is 0.410 e. The molecule has 0 aromatic heterocycles. The summed E-state index contributed by atoms with van der Waals surface area (Å²) in [5.41, 5.74) is 0.0141. The van der Waals surface area contributed by atoms with E-state index >= 15 is 0 Å². The van der Waals surface area contributed by atoms with Crippen LogP contribution in [0.5, 0.6) is 11.5 Å². The Morgan fingerprint density at radius 3 is 2.65 bits per heavy atom. The molecule has 0 aliphatic carbocycles. The lowest BCUT2D eigenvalue weighted by molar-refractivity contribution is 0.0275. The van der Waals surface area contributed by atoms with Gasteiger partial charge in [-0.2, -0.15) is 0 Å². The summed E-state index contributed by atoms with van der Waals surface area (Å²) in [6, 6.07) is 5.01. The van der Waals surface area contributed by atoms with Gasteiger partial charge >= 0.3 is 6.09 Å². The lowest BCUT2D eigenvalue weighted by Crippen LogP contribution is -2.36. The van der Waals surface area contributed by atoms with Gasteiger partial charge in [0.2, 0.25) is 0 Å². The van der Waals surface area contributed by atoms with Crippen molar-refractivity contribution >= 4 is 12.4 Å². The molecule has 6 nitrogen and oxygen atoms in total. The van der Waals surface area contributed by atoms with Crippen LogP contribution in [0, 0.1) is 0 Å². The van der Waals surface area contributed by atoms with Gasteiger partial charge in [0, 0.05) is 18.5 Å². The third-order valence-corrected chi connectivity index (χ3v) is 3.41. The summed E-state index contributed by atoms with van der Waals surface area (Å²) < 4.78 is 16.5. The number of rotatable bonds is 4. The largest absolute Gasteiger partial charge is 0.493 e. The monoisotopic (exact) mass is 321 g/mol. The minimum atomic E-state index is -0.510. The van der Waals surface area contributed by atoms with Gasteiger partial charge in [0.05, 0.1) is 13.7 Å². The molecule has 1 aliphatic heterocycles. The molecule has 126 valence electrons. The standard InChI is InChI=1S/C17H23NO5/c1-17(2,3)23-16(20)18-8-7-13(10-18)22-14-6-5-12(11-19)9-15(14)21-4/h5-6,9,11,13H,7-8,10H2,1-4H3/t13-/m0/s1. The van der Waals surface area contributed by atoms with Crippen LogP contribution in [0.3, 0.4) is 0 Å². The molecular weight excluding hydrogens is 298 g/mol. The molecule has 1 atom stereocenters. The number of methoxy groups -OCH3 is 1. The number of aldehydes is 1. The van der Waals surface area contributed by atoms with E-state index in [1.165, 1.54) is 7.11 Å². The van der Waals surface area contributed by atoms with Gasteiger partial charge in [-0.1, -0.05) is 0 Å². The van der Waals surface area contributed by atoms with E-state index in [0.717, 1.165) is 12.7 Å². The Hall–Kier alpha value is -2.24. The molecule has 0 radical (unpaired) electrons. The minimum Gasteiger partial charge on any atom is -0.493 e. The first kappa shape index (κ1) is 17.1. The van der Waals surface area contributed by atoms with Crippen LogP contribution in [0.15, 0.2) is 18.2 Å². The molecule has 0 saturated carbocycles. The molecule has 1 saturated heterocycles. The molecule has 0 spiro atoms. The van der Waals surface area contributed by atoms with Crippen molar-refractivity contribution in [3.63, 3.8) is 0 Å². The van der Waals surface area contributed by atoms with E-state index in [9.17, 15) is 9.59 Å². The number of benzene rings is 1. The van der Waals surface area contributed by atoms with Crippen LogP contribution in [-0.2, 0) is 4.74 Å². The van der Waals surface area contributed by atoms with Crippen LogP contribution in [0.1, 0.15) is 37.6 Å². The Kier molecular flexibility index (Phi) is 5.13. The zero-order valence-corrected chi connectivity index (χ0v) is 14.0. The van der Waals surface area contributed by atoms with E-state index in [0.29, 0.717) is 30.2 Å². The smallest absolute Gasteiger partial charge is 0.410 e. The van der Waals surface area contributed by atoms with Gasteiger partial charge in [0.15, 0.2) is 11.5 Å². The summed E-state index contributed by atoms with van der Waals surface area (Å²) in [4.78, 5) is 24.5. The SMILES string of the molecule is COc1cc(C=O)ccc1O[C@H]1CCN(C(=O)OC(C)(C)C)C1. The molecule has 1 aliphatic rings. The number of hydrogen-bond donors (Lipinski definition) is 0. The highest BCUT2D eigenvalue weighted by Gasteiger charge is 2.31. The first-order valence-electron chi connectivity index (χ1n) is 7.60. The number of hydrogen-bond acceptors (Lipinski definition) is 5. The highest BCUT2D eigenvalue weighted by molar-refractivity contribution is 5.76. The van der Waals surface area contributed by atoms with Crippen molar-refractivity contribution in [3.05, 3.63) is 23.8 Å². The molecule has 0 bridgehead atoms. The van der Waals surface area contributed by atoms with E-state index in [-0.39, 0.29) is 12.2 Å². The zero-order valence-electron chi connectivity index (χ0n) is 14.0. The quantitative estimate of drug-likeness (QED) is 0.798. The second kappa shape index (κ2) is 6.89. The fourth-order valence-electron chi connectivity index (χ4n) is 2.35. The third kappa shape index (κ3) is 4.61. The number of carbonyl (C=O) groups excluding carboxylic acids is 2. The summed E-state index contributed by atoms with van der Waals surface area (Å²) in [6.45, 7) is 6.58.